The Hall–Kier alpha value is -3.57. The molecule has 1 saturated heterocycles. The molecule has 3 aromatic rings. The number of likely N-dealkylation sites (N-methyl/N-ethyl adjacent to an activating group) is 1. The maximum atomic E-state index is 13.5. The van der Waals surface area contributed by atoms with Gasteiger partial charge in [0.2, 0.25) is 5.91 Å². The van der Waals surface area contributed by atoms with E-state index in [0.717, 1.165) is 62.1 Å². The number of amides is 1. The maximum Gasteiger partial charge on any atom is 0.246 e. The van der Waals surface area contributed by atoms with Crippen molar-refractivity contribution in [1.29, 1.82) is 0 Å². The highest BCUT2D eigenvalue weighted by Crippen LogP contribution is 2.63. The van der Waals surface area contributed by atoms with Crippen LogP contribution in [0.4, 0.5) is 0 Å². The van der Waals surface area contributed by atoms with Gasteiger partial charge in [-0.15, -0.1) is 0 Å². The molecule has 1 amide bonds. The first-order valence-corrected chi connectivity index (χ1v) is 14.8. The summed E-state index contributed by atoms with van der Waals surface area (Å²) in [5, 5.41) is 11.0. The van der Waals surface area contributed by atoms with Crippen LogP contribution in [-0.4, -0.2) is 59.1 Å². The van der Waals surface area contributed by atoms with Crippen LogP contribution in [0, 0.1) is 12.8 Å². The van der Waals surface area contributed by atoms with E-state index in [1.54, 1.807) is 12.1 Å². The van der Waals surface area contributed by atoms with Crippen molar-refractivity contribution >= 4 is 12.0 Å². The monoisotopic (exact) mass is 534 g/mol. The second-order valence-electron chi connectivity index (χ2n) is 12.3. The van der Waals surface area contributed by atoms with Crippen LogP contribution < -0.4 is 4.74 Å². The van der Waals surface area contributed by atoms with Crippen LogP contribution in [0.25, 0.3) is 6.08 Å². The lowest BCUT2D eigenvalue weighted by Gasteiger charge is -2.60. The Morgan fingerprint density at radius 1 is 1.12 bits per heavy atom. The molecule has 0 radical (unpaired) electrons. The van der Waals surface area contributed by atoms with Crippen LogP contribution in [0.15, 0.2) is 72.8 Å². The Bertz CT molecular complexity index is 1470. The number of phenolic OH excluding ortho intramolecular Hbond substituents is 1. The fourth-order valence-electron chi connectivity index (χ4n) is 8.42. The van der Waals surface area contributed by atoms with Crippen molar-refractivity contribution in [1.82, 2.24) is 9.80 Å². The normalized spacial score (nSPS) is 28.2. The van der Waals surface area contributed by atoms with Crippen LogP contribution in [0.5, 0.6) is 11.5 Å². The Morgan fingerprint density at radius 3 is 2.80 bits per heavy atom. The van der Waals surface area contributed by atoms with Gasteiger partial charge in [-0.3, -0.25) is 9.69 Å². The maximum absolute atomic E-state index is 13.5. The topological polar surface area (TPSA) is 53.0 Å². The van der Waals surface area contributed by atoms with E-state index < -0.39 is 0 Å². The van der Waals surface area contributed by atoms with Crippen molar-refractivity contribution in [3.05, 3.63) is 101 Å². The molecule has 0 unspecified atom stereocenters. The van der Waals surface area contributed by atoms with E-state index in [-0.39, 0.29) is 23.5 Å². The molecule has 4 aliphatic rings. The van der Waals surface area contributed by atoms with Crippen molar-refractivity contribution in [3.8, 4) is 11.5 Å². The molecule has 40 heavy (non-hydrogen) atoms. The van der Waals surface area contributed by atoms with Gasteiger partial charge in [-0.1, -0.05) is 60.2 Å². The zero-order valence-electron chi connectivity index (χ0n) is 23.4. The van der Waals surface area contributed by atoms with Crippen LogP contribution in [0.3, 0.4) is 0 Å². The summed E-state index contributed by atoms with van der Waals surface area (Å²) in [7, 11) is 1.94. The molecular formula is C35H38N2O3. The minimum Gasteiger partial charge on any atom is -0.508 e. The number of hydrogen-bond donors (Lipinski definition) is 1. The molecule has 2 aliphatic heterocycles. The number of phenols is 1. The molecule has 2 heterocycles. The van der Waals surface area contributed by atoms with E-state index in [1.165, 1.54) is 16.7 Å². The van der Waals surface area contributed by atoms with Crippen molar-refractivity contribution in [2.24, 2.45) is 5.92 Å². The van der Waals surface area contributed by atoms with Gasteiger partial charge in [0, 0.05) is 42.3 Å². The van der Waals surface area contributed by atoms with Gasteiger partial charge in [-0.2, -0.15) is 0 Å². The lowest BCUT2D eigenvalue weighted by Crippen LogP contribution is -2.69. The summed E-state index contributed by atoms with van der Waals surface area (Å²) in [5.41, 5.74) is 5.73. The minimum atomic E-state index is -0.159. The first kappa shape index (κ1) is 25.4. The number of aryl methyl sites for hydroxylation is 1. The summed E-state index contributed by atoms with van der Waals surface area (Å²) >= 11 is 0. The predicted octanol–water partition coefficient (Wildman–Crippen LogP) is 5.52. The third kappa shape index (κ3) is 3.97. The number of likely N-dealkylation sites (tertiary alicyclic amines) is 1. The largest absolute Gasteiger partial charge is 0.508 e. The summed E-state index contributed by atoms with van der Waals surface area (Å²) in [6, 6.07) is 23.1. The van der Waals surface area contributed by atoms with Gasteiger partial charge >= 0.3 is 0 Å². The van der Waals surface area contributed by atoms with E-state index in [2.05, 4.69) is 54.3 Å². The smallest absolute Gasteiger partial charge is 0.246 e. The number of benzene rings is 3. The van der Waals surface area contributed by atoms with Gasteiger partial charge in [0.15, 0.2) is 0 Å². The van der Waals surface area contributed by atoms with Crippen molar-refractivity contribution in [2.45, 2.75) is 62.6 Å². The highest BCUT2D eigenvalue weighted by molar-refractivity contribution is 5.92. The number of aromatic hydroxyl groups is 1. The highest BCUT2D eigenvalue weighted by Gasteiger charge is 2.66. The third-order valence-electron chi connectivity index (χ3n) is 10.3. The molecule has 1 saturated carbocycles. The predicted molar refractivity (Wildman–Crippen MR) is 158 cm³/mol. The molecule has 1 spiro atoms. The molecule has 3 aromatic carbocycles. The third-order valence-corrected chi connectivity index (χ3v) is 10.3. The average Bonchev–Trinajstić information content (AvgIpc) is 3.30. The average molecular weight is 535 g/mol. The minimum absolute atomic E-state index is 0.0108. The van der Waals surface area contributed by atoms with Crippen LogP contribution in [0.1, 0.15) is 47.1 Å². The Balaban J connectivity index is 1.18. The number of hydrogen-bond acceptors (Lipinski definition) is 4. The first-order chi connectivity index (χ1) is 19.5. The molecule has 1 N–H and O–H groups in total. The van der Waals surface area contributed by atoms with E-state index >= 15 is 0 Å². The number of piperidine rings is 1. The molecular weight excluding hydrogens is 496 g/mol. The van der Waals surface area contributed by atoms with Gasteiger partial charge in [0.1, 0.15) is 17.6 Å². The summed E-state index contributed by atoms with van der Waals surface area (Å²) in [6.07, 6.45) is 8.40. The Kier molecular flexibility index (Phi) is 6.23. The molecule has 5 nitrogen and oxygen atoms in total. The van der Waals surface area contributed by atoms with Gasteiger partial charge < -0.3 is 14.7 Å². The molecule has 2 bridgehead atoms. The SMILES string of the molecule is Cc1cccc(C=CC(=O)N(C)[C@@H]2CC[C@H]3[C@H]4Cc5c(O)ccc6c5[C@@]3(CCN4CCc3ccccc3)[C@H]2O6)c1. The summed E-state index contributed by atoms with van der Waals surface area (Å²) < 4.78 is 6.81. The Labute approximate surface area is 237 Å². The van der Waals surface area contributed by atoms with Crippen molar-refractivity contribution in [3.63, 3.8) is 0 Å². The van der Waals surface area contributed by atoms with Crippen molar-refractivity contribution in [2.75, 3.05) is 20.1 Å². The van der Waals surface area contributed by atoms with E-state index in [1.807, 2.05) is 36.2 Å². The number of nitrogens with zero attached hydrogens (tertiary/aromatic N) is 2. The lowest BCUT2D eigenvalue weighted by atomic mass is 9.51. The van der Waals surface area contributed by atoms with Crippen LogP contribution in [-0.2, 0) is 23.1 Å². The summed E-state index contributed by atoms with van der Waals surface area (Å²) in [4.78, 5) is 18.0. The standard InChI is InChI=1S/C35H38N2O3/c1-23-7-6-10-25(21-23)11-16-32(39)36(2)28-13-12-27-29-22-26-30(38)14-15-31-33(26)35(27,34(28)40-31)18-20-37(29)19-17-24-8-4-3-5-9-24/h3-11,14-16,21,27-29,34,38H,12-13,17-20,22H2,1-2H3/t27-,28+,29+,34-,35-/m0/s1. The Morgan fingerprint density at radius 2 is 1.98 bits per heavy atom. The fourth-order valence-corrected chi connectivity index (χ4v) is 8.42. The number of ether oxygens (including phenoxy) is 1. The van der Waals surface area contributed by atoms with Gasteiger partial charge in [0.25, 0.3) is 0 Å². The molecule has 2 fully saturated rings. The van der Waals surface area contributed by atoms with E-state index in [9.17, 15) is 9.90 Å². The first-order valence-electron chi connectivity index (χ1n) is 14.8. The number of carbonyl (C=O) groups excluding carboxylic acids is 1. The van der Waals surface area contributed by atoms with Gasteiger partial charge in [-0.05, 0) is 80.8 Å². The summed E-state index contributed by atoms with van der Waals surface area (Å²) in [6.45, 7) is 4.10. The molecule has 0 aromatic heterocycles. The second kappa shape index (κ2) is 9.81. The van der Waals surface area contributed by atoms with Gasteiger partial charge in [-0.25, -0.2) is 0 Å². The molecule has 5 atom stereocenters. The van der Waals surface area contributed by atoms with Crippen LogP contribution >= 0.6 is 0 Å². The van der Waals surface area contributed by atoms with E-state index in [4.69, 9.17) is 4.74 Å². The molecule has 2 aliphatic carbocycles. The van der Waals surface area contributed by atoms with Crippen molar-refractivity contribution < 1.29 is 14.6 Å². The van der Waals surface area contributed by atoms with Crippen LogP contribution in [0.2, 0.25) is 0 Å². The number of carbonyl (C=O) groups is 1. The highest BCUT2D eigenvalue weighted by atomic mass is 16.5. The summed E-state index contributed by atoms with van der Waals surface area (Å²) in [5.74, 6) is 1.78. The molecule has 7 rings (SSSR count). The zero-order valence-corrected chi connectivity index (χ0v) is 23.4. The lowest BCUT2D eigenvalue weighted by molar-refractivity contribution is -0.135. The van der Waals surface area contributed by atoms with E-state index in [0.29, 0.717) is 17.7 Å². The molecule has 5 heteroatoms. The molecule has 206 valence electrons. The quantitative estimate of drug-likeness (QED) is 0.423. The number of rotatable bonds is 6. The fraction of sp³-hybridized carbons (Fsp3) is 0.400. The van der Waals surface area contributed by atoms with Gasteiger partial charge in [0.05, 0.1) is 6.04 Å². The second-order valence-corrected chi connectivity index (χ2v) is 12.3. The zero-order chi connectivity index (χ0) is 27.4.